The number of methoxy groups -OCH3 is 1. The number of nitrogens with zero attached hydrogens (tertiary/aromatic N) is 2. The Morgan fingerprint density at radius 3 is 2.92 bits per heavy atom. The van der Waals surface area contributed by atoms with E-state index in [4.69, 9.17) is 9.47 Å². The Morgan fingerprint density at radius 1 is 1.50 bits per heavy atom. The predicted molar refractivity (Wildman–Crippen MR) is 38.5 cm³/mol. The van der Waals surface area contributed by atoms with Gasteiger partial charge < -0.3 is 9.47 Å². The molecule has 2 aliphatic heterocycles. The number of hydrogen-bond acceptors (Lipinski definition) is 5. The SMILES string of the molecule is CO[C@@H]1OC(=O)[C@@H]2[C@H]1N=N[C@@H]2C. The molecule has 12 heavy (non-hydrogen) atoms. The van der Waals surface area contributed by atoms with Crippen molar-refractivity contribution in [3.05, 3.63) is 0 Å². The number of carbonyl (C=O) groups excluding carboxylic acids is 1. The van der Waals surface area contributed by atoms with Gasteiger partial charge in [0, 0.05) is 7.11 Å². The average Bonchev–Trinajstić information content (AvgIpc) is 2.55. The lowest BCUT2D eigenvalue weighted by molar-refractivity contribution is -0.160. The molecule has 0 radical (unpaired) electrons. The summed E-state index contributed by atoms with van der Waals surface area (Å²) in [5.74, 6) is -0.473. The molecule has 1 saturated heterocycles. The van der Waals surface area contributed by atoms with Crippen molar-refractivity contribution in [1.29, 1.82) is 0 Å². The molecule has 0 aromatic heterocycles. The number of carbonyl (C=O) groups is 1. The molecule has 0 amide bonds. The topological polar surface area (TPSA) is 60.2 Å². The Labute approximate surface area is 69.8 Å². The molecule has 1 fully saturated rings. The molecule has 66 valence electrons. The summed E-state index contributed by atoms with van der Waals surface area (Å²) in [6, 6.07) is -0.292. The second kappa shape index (κ2) is 2.52. The summed E-state index contributed by atoms with van der Waals surface area (Å²) in [5.41, 5.74) is 0. The van der Waals surface area contributed by atoms with Crippen LogP contribution in [0, 0.1) is 5.92 Å². The normalized spacial score (nSPS) is 44.7. The van der Waals surface area contributed by atoms with E-state index in [0.29, 0.717) is 0 Å². The van der Waals surface area contributed by atoms with Gasteiger partial charge in [-0.15, -0.1) is 0 Å². The number of cyclic esters (lactones) is 1. The number of fused-ring (bicyclic) bond motifs is 1. The van der Waals surface area contributed by atoms with E-state index in [1.807, 2.05) is 6.92 Å². The predicted octanol–water partition coefficient (Wildman–Crippen LogP) is 0.355. The van der Waals surface area contributed by atoms with Crippen LogP contribution in [0.25, 0.3) is 0 Å². The van der Waals surface area contributed by atoms with Crippen LogP contribution in [0.4, 0.5) is 0 Å². The highest BCUT2D eigenvalue weighted by Gasteiger charge is 2.51. The van der Waals surface area contributed by atoms with Gasteiger partial charge in [0.15, 0.2) is 0 Å². The lowest BCUT2D eigenvalue weighted by atomic mass is 9.97. The first-order valence-corrected chi connectivity index (χ1v) is 3.87. The zero-order valence-corrected chi connectivity index (χ0v) is 6.93. The fourth-order valence-corrected chi connectivity index (χ4v) is 1.62. The maximum absolute atomic E-state index is 11.2. The number of esters is 1. The molecule has 0 aromatic carbocycles. The van der Waals surface area contributed by atoms with Crippen molar-refractivity contribution in [2.24, 2.45) is 16.1 Å². The monoisotopic (exact) mass is 170 g/mol. The quantitative estimate of drug-likeness (QED) is 0.533. The summed E-state index contributed by atoms with van der Waals surface area (Å²) in [4.78, 5) is 11.2. The largest absolute Gasteiger partial charge is 0.433 e. The summed E-state index contributed by atoms with van der Waals surface area (Å²) in [5, 5.41) is 7.85. The molecule has 0 bridgehead atoms. The highest BCUT2D eigenvalue weighted by Crippen LogP contribution is 2.34. The van der Waals surface area contributed by atoms with Crippen LogP contribution < -0.4 is 0 Å². The van der Waals surface area contributed by atoms with Crippen LogP contribution in [0.3, 0.4) is 0 Å². The second-order valence-electron chi connectivity index (χ2n) is 3.03. The maximum Gasteiger partial charge on any atom is 0.316 e. The summed E-state index contributed by atoms with van der Waals surface area (Å²) >= 11 is 0. The summed E-state index contributed by atoms with van der Waals surface area (Å²) in [7, 11) is 1.50. The number of rotatable bonds is 1. The van der Waals surface area contributed by atoms with E-state index < -0.39 is 6.29 Å². The third kappa shape index (κ3) is 0.859. The van der Waals surface area contributed by atoms with Crippen molar-refractivity contribution in [2.75, 3.05) is 7.11 Å². The van der Waals surface area contributed by atoms with E-state index in [1.54, 1.807) is 0 Å². The molecule has 0 saturated carbocycles. The molecule has 0 spiro atoms. The minimum atomic E-state index is -0.531. The molecule has 0 unspecified atom stereocenters. The lowest BCUT2D eigenvalue weighted by Crippen LogP contribution is -2.27. The van der Waals surface area contributed by atoms with Crippen LogP contribution in [0.15, 0.2) is 10.2 Å². The van der Waals surface area contributed by atoms with Crippen molar-refractivity contribution in [3.8, 4) is 0 Å². The highest BCUT2D eigenvalue weighted by molar-refractivity contribution is 5.77. The molecule has 5 heteroatoms. The first-order valence-electron chi connectivity index (χ1n) is 3.87. The van der Waals surface area contributed by atoms with Gasteiger partial charge in [-0.3, -0.25) is 4.79 Å². The Kier molecular flexibility index (Phi) is 1.61. The minimum Gasteiger partial charge on any atom is -0.433 e. The molecule has 2 heterocycles. The summed E-state index contributed by atoms with van der Waals surface area (Å²) in [6.07, 6.45) is -0.531. The van der Waals surface area contributed by atoms with Gasteiger partial charge in [-0.25, -0.2) is 0 Å². The van der Waals surface area contributed by atoms with E-state index >= 15 is 0 Å². The number of azo groups is 1. The summed E-state index contributed by atoms with van der Waals surface area (Å²) in [6.45, 7) is 1.85. The van der Waals surface area contributed by atoms with Gasteiger partial charge in [0.25, 0.3) is 0 Å². The van der Waals surface area contributed by atoms with E-state index in [-0.39, 0.29) is 24.0 Å². The zero-order valence-electron chi connectivity index (χ0n) is 6.93. The number of ether oxygens (including phenoxy) is 2. The molecule has 4 atom stereocenters. The molecular weight excluding hydrogens is 160 g/mol. The molecule has 0 aromatic rings. The van der Waals surface area contributed by atoms with Crippen LogP contribution in [0.1, 0.15) is 6.92 Å². The van der Waals surface area contributed by atoms with Crippen molar-refractivity contribution in [2.45, 2.75) is 25.3 Å². The number of hydrogen-bond donors (Lipinski definition) is 0. The van der Waals surface area contributed by atoms with E-state index in [2.05, 4.69) is 10.2 Å². The Hall–Kier alpha value is -0.970. The van der Waals surface area contributed by atoms with Crippen molar-refractivity contribution in [3.63, 3.8) is 0 Å². The first-order chi connectivity index (χ1) is 5.74. The molecule has 0 N–H and O–H groups in total. The molecular formula is C7H10N2O3. The Balaban J connectivity index is 2.22. The molecule has 2 aliphatic rings. The zero-order chi connectivity index (χ0) is 8.72. The van der Waals surface area contributed by atoms with Crippen molar-refractivity contribution < 1.29 is 14.3 Å². The van der Waals surface area contributed by atoms with Gasteiger partial charge in [-0.1, -0.05) is 0 Å². The van der Waals surface area contributed by atoms with E-state index in [1.165, 1.54) is 7.11 Å². The van der Waals surface area contributed by atoms with E-state index in [0.717, 1.165) is 0 Å². The van der Waals surface area contributed by atoms with Gasteiger partial charge in [0.1, 0.15) is 12.0 Å². The highest BCUT2D eigenvalue weighted by atomic mass is 16.7. The average molecular weight is 170 g/mol. The van der Waals surface area contributed by atoms with Crippen molar-refractivity contribution >= 4 is 5.97 Å². The van der Waals surface area contributed by atoms with Crippen molar-refractivity contribution in [1.82, 2.24) is 0 Å². The third-order valence-electron chi connectivity index (χ3n) is 2.29. The van der Waals surface area contributed by atoms with Crippen LogP contribution >= 0.6 is 0 Å². The maximum atomic E-state index is 11.2. The van der Waals surface area contributed by atoms with Gasteiger partial charge in [-0.05, 0) is 6.92 Å². The van der Waals surface area contributed by atoms with Gasteiger partial charge in [-0.2, -0.15) is 10.2 Å². The Bertz CT molecular complexity index is 241. The standard InChI is InChI=1S/C7H10N2O3/c1-3-4-5(9-8-3)7(11-2)12-6(4)10/h3-5,7H,1-2H3/t3-,4+,5-,7-/m1/s1. The van der Waals surface area contributed by atoms with Gasteiger partial charge in [0.05, 0.1) is 6.04 Å². The fraction of sp³-hybridized carbons (Fsp3) is 0.857. The van der Waals surface area contributed by atoms with Gasteiger partial charge >= 0.3 is 5.97 Å². The minimum absolute atomic E-state index is 0.0670. The molecule has 0 aliphatic carbocycles. The fourth-order valence-electron chi connectivity index (χ4n) is 1.62. The van der Waals surface area contributed by atoms with Gasteiger partial charge in [0.2, 0.25) is 6.29 Å². The van der Waals surface area contributed by atoms with Crippen LogP contribution in [-0.4, -0.2) is 31.5 Å². The van der Waals surface area contributed by atoms with Crippen LogP contribution in [-0.2, 0) is 14.3 Å². The van der Waals surface area contributed by atoms with Crippen LogP contribution in [0.5, 0.6) is 0 Å². The molecule has 5 nitrogen and oxygen atoms in total. The smallest absolute Gasteiger partial charge is 0.316 e. The Morgan fingerprint density at radius 2 is 2.25 bits per heavy atom. The van der Waals surface area contributed by atoms with E-state index in [9.17, 15) is 4.79 Å². The summed E-state index contributed by atoms with van der Waals surface area (Å²) < 4.78 is 9.88. The van der Waals surface area contributed by atoms with Crippen LogP contribution in [0.2, 0.25) is 0 Å². The lowest BCUT2D eigenvalue weighted by Gasteiger charge is -2.09. The first kappa shape index (κ1) is 7.67. The molecule has 2 rings (SSSR count). The third-order valence-corrected chi connectivity index (χ3v) is 2.29. The second-order valence-corrected chi connectivity index (χ2v) is 3.03.